The fraction of sp³-hybridized carbons (Fsp3) is 0.895. The third-order valence-electron chi connectivity index (χ3n) is 6.04. The molecule has 0 aromatic heterocycles. The molecule has 1 N–H and O–H groups in total. The van der Waals surface area contributed by atoms with Gasteiger partial charge in [0.1, 0.15) is 0 Å². The lowest BCUT2D eigenvalue weighted by Crippen LogP contribution is -2.55. The average molecular weight is 335 g/mol. The number of piperidine rings is 1. The number of carbonyl (C=O) groups is 2. The first-order valence-corrected chi connectivity index (χ1v) is 10.0. The second kappa shape index (κ2) is 8.84. The molecule has 0 radical (unpaired) electrons. The molecule has 136 valence electrons. The monoisotopic (exact) mass is 335 g/mol. The maximum Gasteiger partial charge on any atom is 0.239 e. The summed E-state index contributed by atoms with van der Waals surface area (Å²) in [6, 6.07) is 0.00676. The minimum absolute atomic E-state index is 0.00676. The highest BCUT2D eigenvalue weighted by Gasteiger charge is 2.29. The van der Waals surface area contributed by atoms with Crippen LogP contribution in [0.4, 0.5) is 0 Å². The number of carbonyl (C=O) groups excluding carboxylic acids is 2. The fourth-order valence-electron chi connectivity index (χ4n) is 4.42. The van der Waals surface area contributed by atoms with E-state index in [1.807, 2.05) is 9.80 Å². The van der Waals surface area contributed by atoms with E-state index in [4.69, 9.17) is 0 Å². The molecular formula is C19H33N3O2. The molecule has 2 amide bonds. The van der Waals surface area contributed by atoms with Crippen molar-refractivity contribution < 1.29 is 9.59 Å². The van der Waals surface area contributed by atoms with E-state index in [2.05, 4.69) is 5.32 Å². The Labute approximate surface area is 146 Å². The molecule has 1 saturated carbocycles. The number of hydrogen-bond acceptors (Lipinski definition) is 3. The van der Waals surface area contributed by atoms with Crippen LogP contribution in [0.3, 0.4) is 0 Å². The Bertz CT molecular complexity index is 420. The van der Waals surface area contributed by atoms with Crippen molar-refractivity contribution in [1.29, 1.82) is 0 Å². The first kappa shape index (κ1) is 17.7. The summed E-state index contributed by atoms with van der Waals surface area (Å²) in [6.45, 7) is 3.78. The van der Waals surface area contributed by atoms with Crippen LogP contribution in [0.2, 0.25) is 0 Å². The summed E-state index contributed by atoms with van der Waals surface area (Å²) in [5.74, 6) is 1.30. The molecule has 5 heteroatoms. The quantitative estimate of drug-likeness (QED) is 0.856. The zero-order chi connectivity index (χ0) is 16.8. The van der Waals surface area contributed by atoms with Gasteiger partial charge in [-0.2, -0.15) is 0 Å². The first-order chi connectivity index (χ1) is 11.7. The van der Waals surface area contributed by atoms with Gasteiger partial charge >= 0.3 is 0 Å². The topological polar surface area (TPSA) is 52.7 Å². The van der Waals surface area contributed by atoms with Crippen molar-refractivity contribution in [3.8, 4) is 0 Å². The van der Waals surface area contributed by atoms with Crippen molar-refractivity contribution in [3.63, 3.8) is 0 Å². The lowest BCUT2D eigenvalue weighted by molar-refractivity contribution is -0.141. The summed E-state index contributed by atoms with van der Waals surface area (Å²) in [7, 11) is 0. The normalized spacial score (nSPS) is 26.4. The lowest BCUT2D eigenvalue weighted by atomic mass is 9.86. The van der Waals surface area contributed by atoms with Crippen LogP contribution in [0.15, 0.2) is 0 Å². The van der Waals surface area contributed by atoms with E-state index in [-0.39, 0.29) is 11.9 Å². The number of amides is 2. The van der Waals surface area contributed by atoms with E-state index < -0.39 is 0 Å². The van der Waals surface area contributed by atoms with Crippen LogP contribution < -0.4 is 5.32 Å². The number of piperazine rings is 1. The van der Waals surface area contributed by atoms with Gasteiger partial charge in [0, 0.05) is 32.6 Å². The molecule has 0 spiro atoms. The van der Waals surface area contributed by atoms with Gasteiger partial charge in [0.25, 0.3) is 0 Å². The standard InChI is InChI=1S/C19H33N3O2/c23-18(10-9-16-6-2-1-3-7-16)21-12-14-22(15-13-21)19(24)17-8-4-5-11-20-17/h16-17,20H,1-15H2. The van der Waals surface area contributed by atoms with Crippen molar-refractivity contribution in [2.24, 2.45) is 5.92 Å². The van der Waals surface area contributed by atoms with Gasteiger partial charge in [-0.15, -0.1) is 0 Å². The lowest BCUT2D eigenvalue weighted by Gasteiger charge is -2.37. The summed E-state index contributed by atoms with van der Waals surface area (Å²) in [6.07, 6.45) is 11.7. The predicted molar refractivity (Wildman–Crippen MR) is 94.6 cm³/mol. The average Bonchev–Trinajstić information content (AvgIpc) is 2.67. The first-order valence-electron chi connectivity index (χ1n) is 10.0. The van der Waals surface area contributed by atoms with Crippen molar-refractivity contribution in [2.45, 2.75) is 70.3 Å². The maximum atomic E-state index is 12.5. The van der Waals surface area contributed by atoms with Crippen LogP contribution in [0.25, 0.3) is 0 Å². The summed E-state index contributed by atoms with van der Waals surface area (Å²) < 4.78 is 0. The Kier molecular flexibility index (Phi) is 6.52. The van der Waals surface area contributed by atoms with E-state index in [0.29, 0.717) is 38.5 Å². The minimum atomic E-state index is 0.00676. The molecule has 1 unspecified atom stereocenters. The zero-order valence-electron chi connectivity index (χ0n) is 15.0. The van der Waals surface area contributed by atoms with E-state index >= 15 is 0 Å². The fourth-order valence-corrected chi connectivity index (χ4v) is 4.42. The number of nitrogens with one attached hydrogen (secondary N) is 1. The van der Waals surface area contributed by atoms with Crippen LogP contribution in [-0.4, -0.2) is 60.4 Å². The molecule has 1 atom stereocenters. The molecule has 2 saturated heterocycles. The van der Waals surface area contributed by atoms with E-state index in [1.165, 1.54) is 38.5 Å². The van der Waals surface area contributed by atoms with Crippen molar-refractivity contribution in [1.82, 2.24) is 15.1 Å². The summed E-state index contributed by atoms with van der Waals surface area (Å²) in [5.41, 5.74) is 0. The molecule has 24 heavy (non-hydrogen) atoms. The number of rotatable bonds is 4. The van der Waals surface area contributed by atoms with Crippen molar-refractivity contribution in [3.05, 3.63) is 0 Å². The molecule has 2 heterocycles. The van der Waals surface area contributed by atoms with Gasteiger partial charge in [0.05, 0.1) is 6.04 Å². The molecule has 5 nitrogen and oxygen atoms in total. The van der Waals surface area contributed by atoms with Crippen LogP contribution >= 0.6 is 0 Å². The third kappa shape index (κ3) is 4.71. The van der Waals surface area contributed by atoms with Gasteiger partial charge in [0.15, 0.2) is 0 Å². The summed E-state index contributed by atoms with van der Waals surface area (Å²) >= 11 is 0. The van der Waals surface area contributed by atoms with Crippen molar-refractivity contribution in [2.75, 3.05) is 32.7 Å². The van der Waals surface area contributed by atoms with E-state index in [0.717, 1.165) is 31.7 Å². The highest BCUT2D eigenvalue weighted by Crippen LogP contribution is 2.27. The van der Waals surface area contributed by atoms with Gasteiger partial charge in [-0.1, -0.05) is 38.5 Å². The highest BCUT2D eigenvalue weighted by molar-refractivity contribution is 5.82. The van der Waals surface area contributed by atoms with Crippen molar-refractivity contribution >= 4 is 11.8 Å². The molecule has 3 fully saturated rings. The van der Waals surface area contributed by atoms with Crippen LogP contribution in [0.1, 0.15) is 64.2 Å². The molecule has 0 bridgehead atoms. The molecule has 0 aromatic carbocycles. The maximum absolute atomic E-state index is 12.5. The Morgan fingerprint density at radius 2 is 1.50 bits per heavy atom. The van der Waals surface area contributed by atoms with Gasteiger partial charge in [-0.05, 0) is 31.7 Å². The van der Waals surface area contributed by atoms with Gasteiger partial charge in [0.2, 0.25) is 11.8 Å². The van der Waals surface area contributed by atoms with E-state index in [9.17, 15) is 9.59 Å². The molecule has 1 aliphatic carbocycles. The molecule has 2 aliphatic heterocycles. The largest absolute Gasteiger partial charge is 0.339 e. The van der Waals surface area contributed by atoms with Crippen LogP contribution in [0, 0.1) is 5.92 Å². The summed E-state index contributed by atoms with van der Waals surface area (Å²) in [4.78, 5) is 28.9. The molecule has 3 rings (SSSR count). The molecular weight excluding hydrogens is 302 g/mol. The van der Waals surface area contributed by atoms with E-state index in [1.54, 1.807) is 0 Å². The second-order valence-corrected chi connectivity index (χ2v) is 7.75. The smallest absolute Gasteiger partial charge is 0.239 e. The zero-order valence-corrected chi connectivity index (χ0v) is 15.0. The minimum Gasteiger partial charge on any atom is -0.339 e. The Hall–Kier alpha value is -1.10. The summed E-state index contributed by atoms with van der Waals surface area (Å²) in [5, 5.41) is 3.34. The third-order valence-corrected chi connectivity index (χ3v) is 6.04. The van der Waals surface area contributed by atoms with Gasteiger partial charge in [-0.3, -0.25) is 9.59 Å². The van der Waals surface area contributed by atoms with Gasteiger partial charge < -0.3 is 15.1 Å². The van der Waals surface area contributed by atoms with Crippen LogP contribution in [-0.2, 0) is 9.59 Å². The Morgan fingerprint density at radius 3 is 2.17 bits per heavy atom. The Balaban J connectivity index is 1.37. The molecule has 0 aromatic rings. The number of nitrogens with zero attached hydrogens (tertiary/aromatic N) is 2. The highest BCUT2D eigenvalue weighted by atomic mass is 16.2. The SMILES string of the molecule is O=C(CCC1CCCCC1)N1CCN(C(=O)C2CCCCN2)CC1. The predicted octanol–water partition coefficient (Wildman–Crippen LogP) is 2.16. The molecule has 3 aliphatic rings. The van der Waals surface area contributed by atoms with Gasteiger partial charge in [-0.25, -0.2) is 0 Å². The van der Waals surface area contributed by atoms with Crippen LogP contribution in [0.5, 0.6) is 0 Å². The number of hydrogen-bond donors (Lipinski definition) is 1. The Morgan fingerprint density at radius 1 is 0.833 bits per heavy atom. The second-order valence-electron chi connectivity index (χ2n) is 7.75.